The van der Waals surface area contributed by atoms with Gasteiger partial charge in [0, 0.05) is 34.5 Å². The predicted octanol–water partition coefficient (Wildman–Crippen LogP) is 5.39. The fourth-order valence-corrected chi connectivity index (χ4v) is 4.60. The first-order chi connectivity index (χ1) is 12.0. The summed E-state index contributed by atoms with van der Waals surface area (Å²) in [7, 11) is 0. The van der Waals surface area contributed by atoms with Crippen LogP contribution in [-0.2, 0) is 5.75 Å². The molecule has 25 heavy (non-hydrogen) atoms. The summed E-state index contributed by atoms with van der Waals surface area (Å²) in [6.45, 7) is 8.56. The minimum Gasteiger partial charge on any atom is -0.333 e. The molecule has 134 valence electrons. The van der Waals surface area contributed by atoms with E-state index < -0.39 is 0 Å². The third-order valence-electron chi connectivity index (χ3n) is 4.74. The van der Waals surface area contributed by atoms with Gasteiger partial charge in [-0.3, -0.25) is 4.79 Å². The smallest absolute Gasteiger partial charge is 0.254 e. The Kier molecular flexibility index (Phi) is 5.85. The van der Waals surface area contributed by atoms with Crippen molar-refractivity contribution in [2.24, 2.45) is 5.92 Å². The van der Waals surface area contributed by atoms with Crippen LogP contribution in [0.3, 0.4) is 0 Å². The maximum atomic E-state index is 13.0. The van der Waals surface area contributed by atoms with Gasteiger partial charge in [-0.05, 0) is 50.3 Å². The average molecular weight is 375 g/mol. The molecule has 1 saturated carbocycles. The van der Waals surface area contributed by atoms with Gasteiger partial charge in [-0.15, -0.1) is 11.3 Å². The number of thioether (sulfide) groups is 1. The maximum Gasteiger partial charge on any atom is 0.254 e. The molecule has 0 saturated heterocycles. The van der Waals surface area contributed by atoms with E-state index in [9.17, 15) is 4.79 Å². The van der Waals surface area contributed by atoms with Gasteiger partial charge in [-0.1, -0.05) is 37.7 Å². The van der Waals surface area contributed by atoms with Gasteiger partial charge in [0.15, 0.2) is 0 Å². The highest BCUT2D eigenvalue weighted by Gasteiger charge is 2.36. The van der Waals surface area contributed by atoms with E-state index in [4.69, 9.17) is 0 Å². The Morgan fingerprint density at radius 1 is 1.28 bits per heavy atom. The lowest BCUT2D eigenvalue weighted by atomic mass is 10.0. The van der Waals surface area contributed by atoms with Crippen LogP contribution in [0.2, 0.25) is 0 Å². The molecule has 1 aromatic heterocycles. The van der Waals surface area contributed by atoms with Crippen LogP contribution in [0.1, 0.15) is 55.2 Å². The van der Waals surface area contributed by atoms with E-state index in [0.717, 1.165) is 34.2 Å². The van der Waals surface area contributed by atoms with Gasteiger partial charge >= 0.3 is 0 Å². The average Bonchev–Trinajstić information content (AvgIpc) is 3.34. The number of rotatable bonds is 7. The fourth-order valence-electron chi connectivity index (χ4n) is 2.79. The number of hydrogen-bond acceptors (Lipinski definition) is 4. The van der Waals surface area contributed by atoms with E-state index in [1.165, 1.54) is 5.56 Å². The molecule has 0 unspecified atom stereocenters. The van der Waals surface area contributed by atoms with Crippen LogP contribution < -0.4 is 0 Å². The molecule has 2 aromatic rings. The van der Waals surface area contributed by atoms with Crippen molar-refractivity contribution in [3.05, 3.63) is 46.5 Å². The van der Waals surface area contributed by atoms with Crippen molar-refractivity contribution in [1.29, 1.82) is 0 Å². The lowest BCUT2D eigenvalue weighted by Crippen LogP contribution is -2.43. The van der Waals surface area contributed by atoms with E-state index >= 15 is 0 Å². The molecule has 1 fully saturated rings. The van der Waals surface area contributed by atoms with Crippen molar-refractivity contribution in [3.63, 3.8) is 0 Å². The number of nitrogens with zero attached hydrogens (tertiary/aromatic N) is 2. The molecule has 1 aliphatic carbocycles. The molecule has 3 nitrogen and oxygen atoms in total. The van der Waals surface area contributed by atoms with Crippen molar-refractivity contribution in [2.75, 3.05) is 0 Å². The number of aryl methyl sites for hydroxylation is 1. The Labute approximate surface area is 158 Å². The van der Waals surface area contributed by atoms with Crippen LogP contribution >= 0.6 is 23.1 Å². The van der Waals surface area contributed by atoms with Crippen LogP contribution in [0.25, 0.3) is 0 Å². The summed E-state index contributed by atoms with van der Waals surface area (Å²) < 4.78 is 1.10. The van der Waals surface area contributed by atoms with Crippen molar-refractivity contribution < 1.29 is 4.79 Å². The second kappa shape index (κ2) is 7.92. The zero-order chi connectivity index (χ0) is 18.0. The number of thiazole rings is 1. The Morgan fingerprint density at radius 2 is 1.96 bits per heavy atom. The van der Waals surface area contributed by atoms with Crippen LogP contribution in [0.5, 0.6) is 0 Å². The highest BCUT2D eigenvalue weighted by Crippen LogP contribution is 2.32. The van der Waals surface area contributed by atoms with Crippen LogP contribution in [-0.4, -0.2) is 27.9 Å². The Balaban J connectivity index is 1.65. The zero-order valence-corrected chi connectivity index (χ0v) is 17.0. The second-order valence-corrected chi connectivity index (χ2v) is 9.25. The summed E-state index contributed by atoms with van der Waals surface area (Å²) in [5.41, 5.74) is 3.11. The number of benzene rings is 1. The Hall–Kier alpha value is -1.33. The molecule has 1 heterocycles. The first-order valence-corrected chi connectivity index (χ1v) is 10.8. The molecule has 1 atom stereocenters. The molecule has 1 amide bonds. The van der Waals surface area contributed by atoms with Gasteiger partial charge in [-0.25, -0.2) is 4.98 Å². The first kappa shape index (κ1) is 18.5. The molecule has 0 radical (unpaired) electrons. The predicted molar refractivity (Wildman–Crippen MR) is 106 cm³/mol. The zero-order valence-electron chi connectivity index (χ0n) is 15.4. The quantitative estimate of drug-likeness (QED) is 0.609. The van der Waals surface area contributed by atoms with E-state index in [-0.39, 0.29) is 11.9 Å². The highest BCUT2D eigenvalue weighted by atomic mass is 32.2. The number of amides is 1. The molecular formula is C20H26N2OS2. The van der Waals surface area contributed by atoms with E-state index in [1.807, 2.05) is 19.1 Å². The third-order valence-corrected chi connectivity index (χ3v) is 6.95. The summed E-state index contributed by atoms with van der Waals surface area (Å²) in [4.78, 5) is 19.6. The van der Waals surface area contributed by atoms with Crippen molar-refractivity contribution in [2.45, 2.75) is 62.7 Å². The molecule has 0 spiro atoms. The number of hydrogen-bond donors (Lipinski definition) is 0. The largest absolute Gasteiger partial charge is 0.333 e. The molecule has 1 aromatic carbocycles. The standard InChI is InChI=1S/C20H26N2OS2/c1-13(2)15(4)22(18-9-10-18)19(23)17-7-5-16(6-8-17)12-25-20-21-14(3)11-24-20/h5-8,11,13,15,18H,9-10,12H2,1-4H3/t15-/m0/s1. The number of carbonyl (C=O) groups is 1. The van der Waals surface area contributed by atoms with E-state index in [2.05, 4.69) is 48.2 Å². The molecule has 0 N–H and O–H groups in total. The summed E-state index contributed by atoms with van der Waals surface area (Å²) in [6.07, 6.45) is 2.29. The molecule has 0 aliphatic heterocycles. The topological polar surface area (TPSA) is 33.2 Å². The fraction of sp³-hybridized carbons (Fsp3) is 0.500. The molecule has 3 rings (SSSR count). The van der Waals surface area contributed by atoms with Crippen LogP contribution in [0, 0.1) is 12.8 Å². The molecule has 0 bridgehead atoms. The minimum absolute atomic E-state index is 0.179. The molecule has 5 heteroatoms. The summed E-state index contributed by atoms with van der Waals surface area (Å²) in [6, 6.07) is 8.83. The van der Waals surface area contributed by atoms with Gasteiger partial charge < -0.3 is 4.90 Å². The number of carbonyl (C=O) groups excluding carboxylic acids is 1. The maximum absolute atomic E-state index is 13.0. The van der Waals surface area contributed by atoms with Crippen molar-refractivity contribution >= 4 is 29.0 Å². The molecule has 1 aliphatic rings. The SMILES string of the molecule is Cc1csc(SCc2ccc(C(=O)N(C3CC3)[C@@H](C)C(C)C)cc2)n1. The minimum atomic E-state index is 0.179. The Bertz CT molecular complexity index is 720. The van der Waals surface area contributed by atoms with Gasteiger partial charge in [0.25, 0.3) is 5.91 Å². The first-order valence-electron chi connectivity index (χ1n) is 8.92. The van der Waals surface area contributed by atoms with Crippen molar-refractivity contribution in [1.82, 2.24) is 9.88 Å². The second-order valence-electron chi connectivity index (χ2n) is 7.17. The monoisotopic (exact) mass is 374 g/mol. The van der Waals surface area contributed by atoms with Gasteiger partial charge in [0.1, 0.15) is 4.34 Å². The highest BCUT2D eigenvalue weighted by molar-refractivity contribution is 8.00. The summed E-state index contributed by atoms with van der Waals surface area (Å²) in [5, 5.41) is 2.08. The van der Waals surface area contributed by atoms with Crippen molar-refractivity contribution in [3.8, 4) is 0 Å². The van der Waals surface area contributed by atoms with Gasteiger partial charge in [-0.2, -0.15) is 0 Å². The van der Waals surface area contributed by atoms with Crippen LogP contribution in [0.4, 0.5) is 0 Å². The third kappa shape index (κ3) is 4.64. The summed E-state index contributed by atoms with van der Waals surface area (Å²) in [5.74, 6) is 1.54. The molecular weight excluding hydrogens is 348 g/mol. The van der Waals surface area contributed by atoms with E-state index in [1.54, 1.807) is 23.1 Å². The Morgan fingerprint density at radius 3 is 2.48 bits per heavy atom. The van der Waals surface area contributed by atoms with Crippen LogP contribution in [0.15, 0.2) is 34.0 Å². The normalized spacial score (nSPS) is 15.4. The lowest BCUT2D eigenvalue weighted by molar-refractivity contribution is 0.0628. The van der Waals surface area contributed by atoms with Gasteiger partial charge in [0.05, 0.1) is 0 Å². The lowest BCUT2D eigenvalue weighted by Gasteiger charge is -2.32. The van der Waals surface area contributed by atoms with E-state index in [0.29, 0.717) is 12.0 Å². The van der Waals surface area contributed by atoms with Gasteiger partial charge in [0.2, 0.25) is 0 Å². The number of aromatic nitrogens is 1. The summed E-state index contributed by atoms with van der Waals surface area (Å²) >= 11 is 3.44.